The van der Waals surface area contributed by atoms with Crippen molar-refractivity contribution in [2.75, 3.05) is 11.9 Å². The largest absolute Gasteiger partial charge is 0.433 e. The highest BCUT2D eigenvalue weighted by Crippen LogP contribution is 2.30. The van der Waals surface area contributed by atoms with Gasteiger partial charge >= 0.3 is 6.18 Å². The molecule has 2 heterocycles. The predicted molar refractivity (Wildman–Crippen MR) is 70.4 cm³/mol. The minimum Gasteiger partial charge on any atom is -0.394 e. The Morgan fingerprint density at radius 3 is 2.67 bits per heavy atom. The summed E-state index contributed by atoms with van der Waals surface area (Å²) >= 11 is 0. The van der Waals surface area contributed by atoms with Crippen molar-refractivity contribution in [1.82, 2.24) is 15.0 Å². The molecular weight excluding hydrogens is 285 g/mol. The predicted octanol–water partition coefficient (Wildman–Crippen LogP) is 2.35. The summed E-state index contributed by atoms with van der Waals surface area (Å²) in [5.41, 5.74) is -0.674. The fraction of sp³-hybridized carbons (Fsp3) is 0.308. The van der Waals surface area contributed by atoms with Gasteiger partial charge in [0.2, 0.25) is 0 Å². The van der Waals surface area contributed by atoms with Crippen molar-refractivity contribution >= 4 is 5.82 Å². The van der Waals surface area contributed by atoms with E-state index in [0.29, 0.717) is 5.56 Å². The maximum absolute atomic E-state index is 12.9. The van der Waals surface area contributed by atoms with E-state index in [-0.39, 0.29) is 18.2 Å². The number of aliphatic hydroxyl groups is 1. The van der Waals surface area contributed by atoms with E-state index in [2.05, 4.69) is 20.3 Å². The number of rotatable bonds is 4. The van der Waals surface area contributed by atoms with E-state index in [1.54, 1.807) is 19.1 Å². The standard InChI is InChI=1S/C13H13F3N4O/c1-8(7-21)18-11-5-10(13(14,15)16)19-12(20-11)9-3-2-4-17-6-9/h2-6,8,21H,7H2,1H3,(H,18,19,20)/t8-/m0/s1. The fourth-order valence-electron chi connectivity index (χ4n) is 1.59. The third-order valence-electron chi connectivity index (χ3n) is 2.60. The van der Waals surface area contributed by atoms with Gasteiger partial charge in [-0.2, -0.15) is 13.2 Å². The first-order valence-corrected chi connectivity index (χ1v) is 6.14. The van der Waals surface area contributed by atoms with E-state index in [9.17, 15) is 13.2 Å². The summed E-state index contributed by atoms with van der Waals surface area (Å²) in [6, 6.07) is 3.54. The second kappa shape index (κ2) is 6.04. The maximum Gasteiger partial charge on any atom is 0.433 e. The summed E-state index contributed by atoms with van der Waals surface area (Å²) < 4.78 is 38.7. The Labute approximate surface area is 118 Å². The Kier molecular flexibility index (Phi) is 4.37. The highest BCUT2D eigenvalue weighted by Gasteiger charge is 2.34. The Balaban J connectivity index is 2.47. The van der Waals surface area contributed by atoms with Crippen LogP contribution >= 0.6 is 0 Å². The molecule has 0 aliphatic heterocycles. The van der Waals surface area contributed by atoms with Gasteiger partial charge in [0.1, 0.15) is 5.82 Å². The maximum atomic E-state index is 12.9. The van der Waals surface area contributed by atoms with E-state index < -0.39 is 17.9 Å². The van der Waals surface area contributed by atoms with E-state index in [1.165, 1.54) is 12.4 Å². The van der Waals surface area contributed by atoms with Crippen LogP contribution in [0.3, 0.4) is 0 Å². The first kappa shape index (κ1) is 15.2. The molecule has 112 valence electrons. The summed E-state index contributed by atoms with van der Waals surface area (Å²) in [6.07, 6.45) is -1.70. The first-order chi connectivity index (χ1) is 9.90. The van der Waals surface area contributed by atoms with Crippen LogP contribution in [-0.4, -0.2) is 32.7 Å². The molecule has 5 nitrogen and oxygen atoms in total. The van der Waals surface area contributed by atoms with Crippen LogP contribution < -0.4 is 5.32 Å². The molecule has 0 radical (unpaired) electrons. The molecule has 2 aromatic rings. The average Bonchev–Trinajstić information content (AvgIpc) is 2.47. The Hall–Kier alpha value is -2.22. The lowest BCUT2D eigenvalue weighted by Gasteiger charge is -2.14. The van der Waals surface area contributed by atoms with Crippen LogP contribution in [0.15, 0.2) is 30.6 Å². The van der Waals surface area contributed by atoms with E-state index in [4.69, 9.17) is 5.11 Å². The summed E-state index contributed by atoms with van der Waals surface area (Å²) in [5, 5.41) is 11.7. The van der Waals surface area contributed by atoms with Gasteiger partial charge in [-0.1, -0.05) is 0 Å². The molecule has 8 heteroatoms. The minimum atomic E-state index is -4.58. The van der Waals surface area contributed by atoms with Crippen LogP contribution in [0.2, 0.25) is 0 Å². The summed E-state index contributed by atoms with van der Waals surface area (Å²) in [5.74, 6) is -0.0803. The molecule has 2 aromatic heterocycles. The second-order valence-electron chi connectivity index (χ2n) is 4.43. The van der Waals surface area contributed by atoms with Crippen molar-refractivity contribution in [3.8, 4) is 11.4 Å². The second-order valence-corrected chi connectivity index (χ2v) is 4.43. The molecule has 1 atom stereocenters. The monoisotopic (exact) mass is 298 g/mol. The van der Waals surface area contributed by atoms with Crippen molar-refractivity contribution < 1.29 is 18.3 Å². The summed E-state index contributed by atoms with van der Waals surface area (Å²) in [6.45, 7) is 1.40. The van der Waals surface area contributed by atoms with Gasteiger partial charge in [0.05, 0.1) is 6.61 Å². The number of hydrogen-bond acceptors (Lipinski definition) is 5. The van der Waals surface area contributed by atoms with Crippen molar-refractivity contribution in [1.29, 1.82) is 0 Å². The van der Waals surface area contributed by atoms with Crippen LogP contribution in [0.5, 0.6) is 0 Å². The lowest BCUT2D eigenvalue weighted by molar-refractivity contribution is -0.141. The zero-order valence-electron chi connectivity index (χ0n) is 11.1. The number of nitrogens with zero attached hydrogens (tertiary/aromatic N) is 3. The molecule has 0 saturated heterocycles. The number of nitrogens with one attached hydrogen (secondary N) is 1. The van der Waals surface area contributed by atoms with Crippen LogP contribution in [0, 0.1) is 0 Å². The average molecular weight is 298 g/mol. The molecule has 0 amide bonds. The number of aromatic nitrogens is 3. The van der Waals surface area contributed by atoms with Gasteiger partial charge in [0, 0.05) is 30.1 Å². The van der Waals surface area contributed by atoms with Crippen molar-refractivity contribution in [3.05, 3.63) is 36.3 Å². The van der Waals surface area contributed by atoms with Gasteiger partial charge in [-0.15, -0.1) is 0 Å². The smallest absolute Gasteiger partial charge is 0.394 e. The molecule has 0 aromatic carbocycles. The van der Waals surface area contributed by atoms with Crippen molar-refractivity contribution in [2.24, 2.45) is 0 Å². The minimum absolute atomic E-state index is 0.00210. The number of halogens is 3. The first-order valence-electron chi connectivity index (χ1n) is 6.14. The lowest BCUT2D eigenvalue weighted by atomic mass is 10.2. The summed E-state index contributed by atoms with van der Waals surface area (Å²) in [7, 11) is 0. The highest BCUT2D eigenvalue weighted by atomic mass is 19.4. The van der Waals surface area contributed by atoms with Crippen molar-refractivity contribution in [3.63, 3.8) is 0 Å². The molecule has 0 aliphatic rings. The van der Waals surface area contributed by atoms with Crippen molar-refractivity contribution in [2.45, 2.75) is 19.1 Å². The molecule has 0 unspecified atom stereocenters. The summed E-state index contributed by atoms with van der Waals surface area (Å²) in [4.78, 5) is 11.4. The van der Waals surface area contributed by atoms with Crippen LogP contribution in [0.4, 0.5) is 19.0 Å². The SMILES string of the molecule is C[C@@H](CO)Nc1cc(C(F)(F)F)nc(-c2cccnc2)n1. The van der Waals surface area contributed by atoms with Gasteiger partial charge in [-0.25, -0.2) is 9.97 Å². The van der Waals surface area contributed by atoms with Gasteiger partial charge in [0.15, 0.2) is 11.5 Å². The molecule has 2 rings (SSSR count). The molecule has 2 N–H and O–H groups in total. The van der Waals surface area contributed by atoms with E-state index >= 15 is 0 Å². The zero-order chi connectivity index (χ0) is 15.5. The van der Waals surface area contributed by atoms with Crippen LogP contribution in [0.25, 0.3) is 11.4 Å². The van der Waals surface area contributed by atoms with Crippen LogP contribution in [-0.2, 0) is 6.18 Å². The Morgan fingerprint density at radius 2 is 2.10 bits per heavy atom. The number of aliphatic hydroxyl groups excluding tert-OH is 1. The molecule has 21 heavy (non-hydrogen) atoms. The van der Waals surface area contributed by atoms with Crippen LogP contribution in [0.1, 0.15) is 12.6 Å². The molecule has 0 spiro atoms. The Bertz CT molecular complexity index is 604. The number of alkyl halides is 3. The number of anilines is 1. The number of hydrogen-bond donors (Lipinski definition) is 2. The zero-order valence-corrected chi connectivity index (χ0v) is 11.1. The van der Waals surface area contributed by atoms with E-state index in [0.717, 1.165) is 6.07 Å². The molecule has 0 bridgehead atoms. The molecule has 0 fully saturated rings. The van der Waals surface area contributed by atoms with Gasteiger partial charge in [0.25, 0.3) is 0 Å². The molecule has 0 aliphatic carbocycles. The van der Waals surface area contributed by atoms with E-state index in [1.807, 2.05) is 0 Å². The number of pyridine rings is 1. The highest BCUT2D eigenvalue weighted by molar-refractivity contribution is 5.56. The van der Waals surface area contributed by atoms with Gasteiger partial charge in [-0.3, -0.25) is 4.98 Å². The third kappa shape index (κ3) is 3.88. The third-order valence-corrected chi connectivity index (χ3v) is 2.60. The molecular formula is C13H13F3N4O. The van der Waals surface area contributed by atoms with Gasteiger partial charge in [-0.05, 0) is 19.1 Å². The quantitative estimate of drug-likeness (QED) is 0.906. The topological polar surface area (TPSA) is 70.9 Å². The van der Waals surface area contributed by atoms with Gasteiger partial charge < -0.3 is 10.4 Å². The molecule has 0 saturated carbocycles. The Morgan fingerprint density at radius 1 is 1.33 bits per heavy atom. The lowest BCUT2D eigenvalue weighted by Crippen LogP contribution is -2.21. The fourth-order valence-corrected chi connectivity index (χ4v) is 1.59. The normalized spacial score (nSPS) is 13.0.